The number of pyridine rings is 1. The van der Waals surface area contributed by atoms with Crippen molar-refractivity contribution in [2.24, 2.45) is 0 Å². The first-order chi connectivity index (χ1) is 22.2. The number of halogens is 3. The number of rotatable bonds is 8. The number of terminal acetylenes is 1. The van der Waals surface area contributed by atoms with Gasteiger partial charge in [-0.05, 0) is 62.7 Å². The molecule has 2 aromatic heterocycles. The number of aromatic nitrogens is 3. The maximum Gasteiger partial charge on any atom is 0.319 e. The number of hydrogen-bond acceptors (Lipinski definition) is 9. The second-order valence-electron chi connectivity index (χ2n) is 12.4. The van der Waals surface area contributed by atoms with Crippen LogP contribution in [-0.2, 0) is 4.74 Å². The Balaban J connectivity index is 1.40. The van der Waals surface area contributed by atoms with Crippen LogP contribution in [0.2, 0.25) is 0 Å². The molecule has 5 heterocycles. The molecule has 9 nitrogen and oxygen atoms in total. The third-order valence-electron chi connectivity index (χ3n) is 9.49. The molecule has 0 amide bonds. The van der Waals surface area contributed by atoms with Gasteiger partial charge in [0.05, 0.1) is 30.4 Å². The van der Waals surface area contributed by atoms with Crippen LogP contribution in [0.25, 0.3) is 32.9 Å². The Bertz CT molecular complexity index is 1880. The molecule has 0 bridgehead atoms. The third kappa shape index (κ3) is 5.11. The van der Waals surface area contributed by atoms with E-state index in [0.717, 1.165) is 32.2 Å². The van der Waals surface area contributed by atoms with E-state index in [2.05, 4.69) is 31.1 Å². The Morgan fingerprint density at radius 1 is 1.22 bits per heavy atom. The van der Waals surface area contributed by atoms with Crippen LogP contribution < -0.4 is 14.8 Å². The summed E-state index contributed by atoms with van der Waals surface area (Å²) in [4.78, 5) is 15.8. The largest absolute Gasteiger partial charge is 0.508 e. The van der Waals surface area contributed by atoms with E-state index in [0.29, 0.717) is 25.0 Å². The number of phenolic OH excluding ortho intramolecular Hbond substituents is 1. The topological polar surface area (TPSA) is 102 Å². The van der Waals surface area contributed by atoms with Crippen molar-refractivity contribution in [2.45, 2.75) is 62.9 Å². The lowest BCUT2D eigenvalue weighted by Gasteiger charge is -2.31. The summed E-state index contributed by atoms with van der Waals surface area (Å²) < 4.78 is 63.9. The molecule has 2 aromatic carbocycles. The first kappa shape index (κ1) is 30.3. The molecule has 0 radical (unpaired) electrons. The lowest BCUT2D eigenvalue weighted by Crippen LogP contribution is -2.43. The van der Waals surface area contributed by atoms with Gasteiger partial charge < -0.3 is 24.6 Å². The zero-order valence-corrected chi connectivity index (χ0v) is 25.6. The summed E-state index contributed by atoms with van der Waals surface area (Å²) >= 11 is 0. The lowest BCUT2D eigenvalue weighted by molar-refractivity contribution is 0.0993. The fraction of sp³-hybridized carbons (Fsp3) is 0.441. The summed E-state index contributed by atoms with van der Waals surface area (Å²) in [5.74, 6) is 0.822. The molecule has 2 unspecified atom stereocenters. The van der Waals surface area contributed by atoms with Crippen molar-refractivity contribution in [3.8, 4) is 41.2 Å². The van der Waals surface area contributed by atoms with E-state index in [9.17, 15) is 13.9 Å². The Labute approximate surface area is 264 Å². The normalized spacial score (nSPS) is 23.5. The van der Waals surface area contributed by atoms with Crippen molar-refractivity contribution in [2.75, 3.05) is 38.7 Å². The molecule has 7 rings (SSSR count). The number of alkyl halides is 1. The van der Waals surface area contributed by atoms with Gasteiger partial charge in [-0.1, -0.05) is 12.0 Å². The van der Waals surface area contributed by atoms with Crippen molar-refractivity contribution >= 4 is 27.5 Å². The summed E-state index contributed by atoms with van der Waals surface area (Å²) in [6.07, 6.45) is 8.45. The summed E-state index contributed by atoms with van der Waals surface area (Å²) in [6.45, 7) is 3.86. The van der Waals surface area contributed by atoms with Gasteiger partial charge in [0.15, 0.2) is 5.82 Å². The molecule has 12 heteroatoms. The van der Waals surface area contributed by atoms with Gasteiger partial charge in [-0.25, -0.2) is 18.2 Å². The highest BCUT2D eigenvalue weighted by Crippen LogP contribution is 2.43. The molecule has 240 valence electrons. The first-order valence-electron chi connectivity index (χ1n) is 15.5. The van der Waals surface area contributed by atoms with E-state index in [1.807, 2.05) is 6.92 Å². The van der Waals surface area contributed by atoms with Crippen LogP contribution in [0.5, 0.6) is 17.6 Å². The minimum absolute atomic E-state index is 0.00762. The molecule has 3 fully saturated rings. The minimum Gasteiger partial charge on any atom is -0.508 e. The highest BCUT2D eigenvalue weighted by atomic mass is 19.1. The number of hydrogen-bond donors (Lipinski definition) is 2. The van der Waals surface area contributed by atoms with Gasteiger partial charge in [-0.3, -0.25) is 4.90 Å². The molecule has 3 aliphatic heterocycles. The molecule has 3 saturated heterocycles. The van der Waals surface area contributed by atoms with E-state index in [-0.39, 0.29) is 75.3 Å². The maximum absolute atomic E-state index is 16.9. The predicted molar refractivity (Wildman–Crippen MR) is 167 cm³/mol. The predicted octanol–water partition coefficient (Wildman–Crippen LogP) is 5.75. The number of ether oxygens (including phenoxy) is 3. The summed E-state index contributed by atoms with van der Waals surface area (Å²) in [5, 5.41) is 14.7. The lowest BCUT2D eigenvalue weighted by atomic mass is 9.95. The number of benzene rings is 2. The molecule has 2 N–H and O–H groups in total. The van der Waals surface area contributed by atoms with Crippen LogP contribution in [0.15, 0.2) is 24.3 Å². The fourth-order valence-electron chi connectivity index (χ4n) is 7.32. The standard InChI is InChI=1S/C34H34F3N5O4/c1-4-22-24(36)9-8-19-13-21(43)14-23(26(19)22)29-28(37)30-27(32(39-29)44-3)31(38-18(2)25-7-5-12-45-25)41-33(40-30)46-17-34-10-6-11-42(34)16-20(35)15-34/h1,8-9,13-14,18,20,25,43H,5-7,10-12,15-17H2,2-3H3,(H,38,40,41)/t18?,20-,25?,34+/m1/s1. The molecule has 0 aliphatic carbocycles. The van der Waals surface area contributed by atoms with E-state index in [4.69, 9.17) is 20.6 Å². The van der Waals surface area contributed by atoms with Gasteiger partial charge in [0.2, 0.25) is 5.88 Å². The van der Waals surface area contributed by atoms with E-state index in [1.165, 1.54) is 31.4 Å². The highest BCUT2D eigenvalue weighted by molar-refractivity contribution is 6.04. The maximum atomic E-state index is 16.9. The van der Waals surface area contributed by atoms with Gasteiger partial charge in [0.25, 0.3) is 0 Å². The summed E-state index contributed by atoms with van der Waals surface area (Å²) in [6, 6.07) is 5.00. The number of nitrogens with zero attached hydrogens (tertiary/aromatic N) is 4. The van der Waals surface area contributed by atoms with Crippen LogP contribution in [-0.4, -0.2) is 82.2 Å². The second kappa shape index (κ2) is 11.8. The Morgan fingerprint density at radius 3 is 2.83 bits per heavy atom. The Hall–Kier alpha value is -4.34. The van der Waals surface area contributed by atoms with Crippen LogP contribution in [0.1, 0.15) is 44.6 Å². The van der Waals surface area contributed by atoms with Crippen LogP contribution in [0, 0.1) is 24.0 Å². The number of anilines is 1. The molecule has 0 saturated carbocycles. The molecule has 46 heavy (non-hydrogen) atoms. The monoisotopic (exact) mass is 633 g/mol. The fourth-order valence-corrected chi connectivity index (χ4v) is 7.32. The highest BCUT2D eigenvalue weighted by Gasteiger charge is 2.49. The summed E-state index contributed by atoms with van der Waals surface area (Å²) in [5.41, 5.74) is -0.947. The van der Waals surface area contributed by atoms with Crippen molar-refractivity contribution in [3.05, 3.63) is 41.5 Å². The quantitative estimate of drug-likeness (QED) is 0.235. The van der Waals surface area contributed by atoms with Crippen molar-refractivity contribution in [3.63, 3.8) is 0 Å². The van der Waals surface area contributed by atoms with Crippen molar-refractivity contribution < 1.29 is 32.5 Å². The second-order valence-corrected chi connectivity index (χ2v) is 12.4. The molecule has 3 aliphatic rings. The number of aromatic hydroxyl groups is 1. The molecular formula is C34H34F3N5O4. The number of phenols is 1. The van der Waals surface area contributed by atoms with Gasteiger partial charge >= 0.3 is 6.01 Å². The molecule has 4 aromatic rings. The SMILES string of the molecule is C#Cc1c(F)ccc2cc(O)cc(-c3nc(OC)c4c(NC(C)C5CCCO5)nc(OC[C@@]56CCCN5C[C@H](F)C6)nc4c3F)c12. The van der Waals surface area contributed by atoms with Gasteiger partial charge in [-0.15, -0.1) is 6.42 Å². The van der Waals surface area contributed by atoms with Crippen LogP contribution in [0.4, 0.5) is 19.0 Å². The number of methoxy groups -OCH3 is 1. The first-order valence-corrected chi connectivity index (χ1v) is 15.5. The van der Waals surface area contributed by atoms with Crippen molar-refractivity contribution in [1.29, 1.82) is 0 Å². The van der Waals surface area contributed by atoms with Gasteiger partial charge in [-0.2, -0.15) is 9.97 Å². The van der Waals surface area contributed by atoms with Gasteiger partial charge in [0.1, 0.15) is 46.8 Å². The minimum atomic E-state index is -0.948. The summed E-state index contributed by atoms with van der Waals surface area (Å²) in [7, 11) is 1.38. The Kier molecular flexibility index (Phi) is 7.77. The molecule has 0 spiro atoms. The zero-order valence-electron chi connectivity index (χ0n) is 25.6. The average Bonchev–Trinajstić information content (AvgIpc) is 3.77. The smallest absolute Gasteiger partial charge is 0.319 e. The van der Waals surface area contributed by atoms with Gasteiger partial charge in [0, 0.05) is 30.5 Å². The molecule has 4 atom stereocenters. The third-order valence-corrected chi connectivity index (χ3v) is 9.49. The van der Waals surface area contributed by atoms with Crippen LogP contribution >= 0.6 is 0 Å². The number of fused-ring (bicyclic) bond motifs is 3. The molecular weight excluding hydrogens is 599 g/mol. The Morgan fingerprint density at radius 2 is 2.07 bits per heavy atom. The number of nitrogens with one attached hydrogen (secondary N) is 1. The van der Waals surface area contributed by atoms with E-state index >= 15 is 4.39 Å². The van der Waals surface area contributed by atoms with E-state index < -0.39 is 23.3 Å². The van der Waals surface area contributed by atoms with Crippen LogP contribution in [0.3, 0.4) is 0 Å². The zero-order chi connectivity index (χ0) is 32.2. The van der Waals surface area contributed by atoms with Crippen molar-refractivity contribution in [1.82, 2.24) is 19.9 Å². The average molecular weight is 634 g/mol. The van der Waals surface area contributed by atoms with E-state index in [1.54, 1.807) is 0 Å².